The zero-order chi connectivity index (χ0) is 22.3. The van der Waals surface area contributed by atoms with Crippen molar-refractivity contribution in [1.82, 2.24) is 5.32 Å². The summed E-state index contributed by atoms with van der Waals surface area (Å²) in [5.41, 5.74) is 1.28. The first kappa shape index (κ1) is 23.0. The fourth-order valence-electron chi connectivity index (χ4n) is 2.99. The van der Waals surface area contributed by atoms with Crippen molar-refractivity contribution in [2.75, 3.05) is 26.1 Å². The van der Waals surface area contributed by atoms with Crippen molar-refractivity contribution in [2.24, 2.45) is 5.92 Å². The van der Waals surface area contributed by atoms with Crippen LogP contribution in [-0.2, 0) is 14.3 Å². The molecule has 2 aromatic carbocycles. The predicted molar refractivity (Wildman–Crippen MR) is 110 cm³/mol. The first-order chi connectivity index (χ1) is 14.3. The van der Waals surface area contributed by atoms with Crippen LogP contribution < -0.4 is 10.6 Å². The van der Waals surface area contributed by atoms with Gasteiger partial charge in [0.2, 0.25) is 5.91 Å². The third-order valence-corrected chi connectivity index (χ3v) is 4.50. The number of benzene rings is 2. The SMILES string of the molecule is COC(=O)c1ccc(C(=O)OC)c(NC(=O)CN[C@@H](c2ccc(F)cc2)C(C)C)c1. The highest BCUT2D eigenvalue weighted by molar-refractivity contribution is 6.03. The largest absolute Gasteiger partial charge is 0.465 e. The van der Waals surface area contributed by atoms with E-state index in [0.717, 1.165) is 5.56 Å². The Hall–Kier alpha value is -3.26. The van der Waals surface area contributed by atoms with Crippen LogP contribution in [0.2, 0.25) is 0 Å². The van der Waals surface area contributed by atoms with E-state index in [-0.39, 0.29) is 41.1 Å². The molecule has 0 aliphatic heterocycles. The van der Waals surface area contributed by atoms with E-state index in [0.29, 0.717) is 0 Å². The molecule has 0 bridgehead atoms. The predicted octanol–water partition coefficient (Wildman–Crippen LogP) is 3.32. The molecule has 0 unspecified atom stereocenters. The Morgan fingerprint density at radius 2 is 1.60 bits per heavy atom. The Labute approximate surface area is 174 Å². The lowest BCUT2D eigenvalue weighted by molar-refractivity contribution is -0.115. The molecule has 0 aromatic heterocycles. The van der Waals surface area contributed by atoms with Crippen molar-refractivity contribution < 1.29 is 28.2 Å². The molecule has 0 saturated carbocycles. The highest BCUT2D eigenvalue weighted by Gasteiger charge is 2.20. The summed E-state index contributed by atoms with van der Waals surface area (Å²) in [7, 11) is 2.46. The molecule has 30 heavy (non-hydrogen) atoms. The van der Waals surface area contributed by atoms with E-state index in [9.17, 15) is 18.8 Å². The number of esters is 2. The average Bonchev–Trinajstić information content (AvgIpc) is 2.73. The molecule has 0 spiro atoms. The Morgan fingerprint density at radius 3 is 2.17 bits per heavy atom. The van der Waals surface area contributed by atoms with Gasteiger partial charge in [-0.2, -0.15) is 0 Å². The summed E-state index contributed by atoms with van der Waals surface area (Å²) < 4.78 is 22.6. The minimum atomic E-state index is -0.652. The van der Waals surface area contributed by atoms with Crippen LogP contribution in [0.1, 0.15) is 46.2 Å². The third-order valence-electron chi connectivity index (χ3n) is 4.50. The van der Waals surface area contributed by atoms with Gasteiger partial charge in [0, 0.05) is 6.04 Å². The molecule has 1 atom stereocenters. The van der Waals surface area contributed by atoms with Crippen LogP contribution in [0.5, 0.6) is 0 Å². The van der Waals surface area contributed by atoms with Gasteiger partial charge in [-0.15, -0.1) is 0 Å². The van der Waals surface area contributed by atoms with E-state index in [4.69, 9.17) is 4.74 Å². The maximum atomic E-state index is 13.2. The molecule has 0 radical (unpaired) electrons. The van der Waals surface area contributed by atoms with Gasteiger partial charge in [-0.3, -0.25) is 4.79 Å². The first-order valence-corrected chi connectivity index (χ1v) is 9.36. The second kappa shape index (κ2) is 10.5. The zero-order valence-electron chi connectivity index (χ0n) is 17.3. The number of hydrogen-bond acceptors (Lipinski definition) is 6. The summed E-state index contributed by atoms with van der Waals surface area (Å²) in [6.45, 7) is 3.89. The number of carbonyl (C=O) groups is 3. The maximum Gasteiger partial charge on any atom is 0.339 e. The van der Waals surface area contributed by atoms with E-state index >= 15 is 0 Å². The Balaban J connectivity index is 2.16. The van der Waals surface area contributed by atoms with Crippen molar-refractivity contribution in [1.29, 1.82) is 0 Å². The normalized spacial score (nSPS) is 11.7. The molecule has 2 N–H and O–H groups in total. The summed E-state index contributed by atoms with van der Waals surface area (Å²) in [4.78, 5) is 36.3. The van der Waals surface area contributed by atoms with E-state index < -0.39 is 17.8 Å². The topological polar surface area (TPSA) is 93.7 Å². The number of halogens is 1. The van der Waals surface area contributed by atoms with Gasteiger partial charge in [-0.1, -0.05) is 26.0 Å². The number of ether oxygens (including phenoxy) is 2. The lowest BCUT2D eigenvalue weighted by Crippen LogP contribution is -2.34. The first-order valence-electron chi connectivity index (χ1n) is 9.36. The highest BCUT2D eigenvalue weighted by Crippen LogP contribution is 2.22. The smallest absolute Gasteiger partial charge is 0.339 e. The number of nitrogens with one attached hydrogen (secondary N) is 2. The van der Waals surface area contributed by atoms with Crippen molar-refractivity contribution >= 4 is 23.5 Å². The molecule has 160 valence electrons. The van der Waals surface area contributed by atoms with Crippen molar-refractivity contribution in [3.05, 3.63) is 65.0 Å². The molecule has 0 aliphatic carbocycles. The summed E-state index contributed by atoms with van der Waals surface area (Å²) in [5.74, 6) is -1.87. The molecule has 0 aliphatic rings. The van der Waals surface area contributed by atoms with Crippen LogP contribution in [0.3, 0.4) is 0 Å². The van der Waals surface area contributed by atoms with Crippen LogP contribution in [0.4, 0.5) is 10.1 Å². The summed E-state index contributed by atoms with van der Waals surface area (Å²) in [6.07, 6.45) is 0. The Morgan fingerprint density at radius 1 is 0.967 bits per heavy atom. The number of anilines is 1. The standard InChI is InChI=1S/C22H25FN2O5/c1-13(2)20(14-5-8-16(23)9-6-14)24-12-19(26)25-18-11-15(21(27)29-3)7-10-17(18)22(28)30-4/h5-11,13,20,24H,12H2,1-4H3,(H,25,26)/t20-/m1/s1. The molecule has 1 amide bonds. The third kappa shape index (κ3) is 5.87. The molecule has 0 saturated heterocycles. The van der Waals surface area contributed by atoms with Crippen LogP contribution in [0, 0.1) is 11.7 Å². The summed E-state index contributed by atoms with van der Waals surface area (Å²) >= 11 is 0. The number of carbonyl (C=O) groups excluding carboxylic acids is 3. The zero-order valence-corrected chi connectivity index (χ0v) is 17.3. The highest BCUT2D eigenvalue weighted by atomic mass is 19.1. The van der Waals surface area contributed by atoms with Crippen LogP contribution in [0.25, 0.3) is 0 Å². The van der Waals surface area contributed by atoms with Crippen molar-refractivity contribution in [2.45, 2.75) is 19.9 Å². The molecule has 0 heterocycles. The molecule has 8 heteroatoms. The maximum absolute atomic E-state index is 13.2. The lowest BCUT2D eigenvalue weighted by atomic mass is 9.96. The van der Waals surface area contributed by atoms with Gasteiger partial charge in [0.05, 0.1) is 37.6 Å². The molecule has 2 rings (SSSR count). The van der Waals surface area contributed by atoms with Gasteiger partial charge in [0.15, 0.2) is 0 Å². The van der Waals surface area contributed by atoms with E-state index in [1.165, 1.54) is 44.6 Å². The van der Waals surface area contributed by atoms with Gasteiger partial charge >= 0.3 is 11.9 Å². The van der Waals surface area contributed by atoms with Crippen LogP contribution in [0.15, 0.2) is 42.5 Å². The number of rotatable bonds is 8. The van der Waals surface area contributed by atoms with Crippen LogP contribution in [-0.4, -0.2) is 38.6 Å². The van der Waals surface area contributed by atoms with Gasteiger partial charge in [0.1, 0.15) is 5.82 Å². The lowest BCUT2D eigenvalue weighted by Gasteiger charge is -2.23. The van der Waals surface area contributed by atoms with Gasteiger partial charge in [-0.05, 0) is 41.8 Å². The molecule has 2 aromatic rings. The number of methoxy groups -OCH3 is 2. The molecular weight excluding hydrogens is 391 g/mol. The molecule has 7 nitrogen and oxygen atoms in total. The molecule has 0 fully saturated rings. The monoisotopic (exact) mass is 416 g/mol. The van der Waals surface area contributed by atoms with Crippen molar-refractivity contribution in [3.63, 3.8) is 0 Å². The van der Waals surface area contributed by atoms with Crippen molar-refractivity contribution in [3.8, 4) is 0 Å². The molecular formula is C22H25FN2O5. The quantitative estimate of drug-likeness (QED) is 0.641. The fraction of sp³-hybridized carbons (Fsp3) is 0.318. The van der Waals surface area contributed by atoms with Crippen LogP contribution >= 0.6 is 0 Å². The van der Waals surface area contributed by atoms with Gasteiger partial charge < -0.3 is 20.1 Å². The van der Waals surface area contributed by atoms with Gasteiger partial charge in [0.25, 0.3) is 0 Å². The Bertz CT molecular complexity index is 912. The van der Waals surface area contributed by atoms with E-state index in [1.54, 1.807) is 12.1 Å². The minimum absolute atomic E-state index is 0.0662. The number of hydrogen-bond donors (Lipinski definition) is 2. The average molecular weight is 416 g/mol. The number of amides is 1. The van der Waals surface area contributed by atoms with E-state index in [1.807, 2.05) is 13.8 Å². The minimum Gasteiger partial charge on any atom is -0.465 e. The Kier molecular flexibility index (Phi) is 8.06. The fourth-order valence-corrected chi connectivity index (χ4v) is 2.99. The van der Waals surface area contributed by atoms with E-state index in [2.05, 4.69) is 15.4 Å². The van der Waals surface area contributed by atoms with Gasteiger partial charge in [-0.25, -0.2) is 14.0 Å². The second-order valence-electron chi connectivity index (χ2n) is 6.95. The second-order valence-corrected chi connectivity index (χ2v) is 6.95. The summed E-state index contributed by atoms with van der Waals surface area (Å²) in [6, 6.07) is 10.0. The summed E-state index contributed by atoms with van der Waals surface area (Å²) in [5, 5.41) is 5.77.